The van der Waals surface area contributed by atoms with Crippen molar-refractivity contribution in [2.75, 3.05) is 13.2 Å². The predicted molar refractivity (Wildman–Crippen MR) is 38.6 cm³/mol. The van der Waals surface area contributed by atoms with E-state index in [-0.39, 0.29) is 9.76 Å². The lowest BCUT2D eigenvalue weighted by molar-refractivity contribution is 0.346. The molecule has 0 aromatic heterocycles. The van der Waals surface area contributed by atoms with Gasteiger partial charge >= 0.3 is 0 Å². The summed E-state index contributed by atoms with van der Waals surface area (Å²) in [6, 6.07) is 1.29. The van der Waals surface area contributed by atoms with Crippen molar-refractivity contribution in [3.8, 4) is 0 Å². The Morgan fingerprint density at radius 1 is 1.62 bits per heavy atom. The van der Waals surface area contributed by atoms with Gasteiger partial charge in [-0.25, -0.2) is 0 Å². The van der Waals surface area contributed by atoms with E-state index in [1.54, 1.807) is 0 Å². The highest BCUT2D eigenvalue weighted by Gasteiger charge is 1.83. The first-order chi connectivity index (χ1) is 3.91. The molecule has 2 N–H and O–H groups in total. The maximum Gasteiger partial charge on any atom is 0.161 e. The summed E-state index contributed by atoms with van der Waals surface area (Å²) in [4.78, 5) is 0. The summed E-state index contributed by atoms with van der Waals surface area (Å²) in [5, 5.41) is 0. The third kappa shape index (κ3) is 6.14. The van der Waals surface area contributed by atoms with Crippen LogP contribution in [0.25, 0.3) is 0 Å². The summed E-state index contributed by atoms with van der Waals surface area (Å²) >= 11 is 0. The second kappa shape index (κ2) is 7.14. The van der Waals surface area contributed by atoms with Crippen LogP contribution in [0, 0.1) is 0 Å². The first kappa shape index (κ1) is 8.14. The van der Waals surface area contributed by atoms with E-state index in [1.165, 1.54) is 12.5 Å². The Morgan fingerprint density at radius 3 is 2.88 bits per heavy atom. The number of nitrogens with two attached hydrogens (primary N) is 1. The van der Waals surface area contributed by atoms with E-state index >= 15 is 0 Å². The summed E-state index contributed by atoms with van der Waals surface area (Å²) < 4.78 is 5.24. The summed E-state index contributed by atoms with van der Waals surface area (Å²) in [5.41, 5.74) is 5.21. The molecule has 0 spiro atoms. The van der Waals surface area contributed by atoms with E-state index in [0.717, 1.165) is 6.61 Å². The van der Waals surface area contributed by atoms with Crippen molar-refractivity contribution >= 4 is 9.76 Å². The van der Waals surface area contributed by atoms with Gasteiger partial charge in [-0.1, -0.05) is 13.3 Å². The molecule has 0 saturated heterocycles. The molecule has 0 atom stereocenters. The first-order valence-corrected chi connectivity index (χ1v) is 4.77. The Hall–Kier alpha value is 0.137. The minimum atomic E-state index is -0.180. The average Bonchev–Trinajstić information content (AvgIpc) is 1.81. The fourth-order valence-corrected chi connectivity index (χ4v) is 1.30. The molecule has 3 heteroatoms. The normalized spacial score (nSPS) is 11.2. The van der Waals surface area contributed by atoms with Gasteiger partial charge in [-0.2, -0.15) is 0 Å². The second-order valence-corrected chi connectivity index (χ2v) is 3.28. The molecule has 0 aliphatic heterocycles. The van der Waals surface area contributed by atoms with Crippen molar-refractivity contribution in [2.24, 2.45) is 5.73 Å². The largest absolute Gasteiger partial charge is 0.423 e. The van der Waals surface area contributed by atoms with Gasteiger partial charge in [-0.15, -0.1) is 0 Å². The zero-order chi connectivity index (χ0) is 6.24. The van der Waals surface area contributed by atoms with Gasteiger partial charge in [0.25, 0.3) is 0 Å². The standard InChI is InChI=1S/C5H15NOSi/c1-2-5-8-7-4-3-6/h2-6,8H2,1H3. The van der Waals surface area contributed by atoms with Gasteiger partial charge in [0.2, 0.25) is 0 Å². The van der Waals surface area contributed by atoms with Crippen molar-refractivity contribution in [1.29, 1.82) is 0 Å². The number of hydrogen-bond donors (Lipinski definition) is 1. The van der Waals surface area contributed by atoms with Crippen LogP contribution in [0.5, 0.6) is 0 Å². The van der Waals surface area contributed by atoms with Crippen LogP contribution in [0.1, 0.15) is 13.3 Å². The Morgan fingerprint density at radius 2 is 2.38 bits per heavy atom. The minimum absolute atomic E-state index is 0.180. The summed E-state index contributed by atoms with van der Waals surface area (Å²) in [6.45, 7) is 3.63. The topological polar surface area (TPSA) is 35.2 Å². The van der Waals surface area contributed by atoms with Gasteiger partial charge in [-0.3, -0.25) is 0 Å². The number of hydrogen-bond acceptors (Lipinski definition) is 2. The van der Waals surface area contributed by atoms with Crippen LogP contribution >= 0.6 is 0 Å². The lowest BCUT2D eigenvalue weighted by Gasteiger charge is -1.97. The van der Waals surface area contributed by atoms with E-state index in [9.17, 15) is 0 Å². The van der Waals surface area contributed by atoms with E-state index in [1.807, 2.05) is 0 Å². The third-order valence-electron chi connectivity index (χ3n) is 0.904. The quantitative estimate of drug-likeness (QED) is 0.419. The van der Waals surface area contributed by atoms with Crippen molar-refractivity contribution in [3.05, 3.63) is 0 Å². The maximum atomic E-state index is 5.24. The zero-order valence-corrected chi connectivity index (χ0v) is 6.94. The van der Waals surface area contributed by atoms with E-state index in [4.69, 9.17) is 10.2 Å². The molecule has 8 heavy (non-hydrogen) atoms. The predicted octanol–water partition coefficient (Wildman–Crippen LogP) is -0.126. The smallest absolute Gasteiger partial charge is 0.161 e. The Labute approximate surface area is 53.4 Å². The molecule has 0 unspecified atom stereocenters. The summed E-state index contributed by atoms with van der Waals surface area (Å²) in [6.07, 6.45) is 1.26. The molecule has 50 valence electrons. The minimum Gasteiger partial charge on any atom is -0.423 e. The molecule has 0 rings (SSSR count). The highest BCUT2D eigenvalue weighted by Crippen LogP contribution is 1.84. The molecule has 0 aromatic rings. The molecule has 2 nitrogen and oxygen atoms in total. The van der Waals surface area contributed by atoms with Crippen LogP contribution in [-0.4, -0.2) is 22.9 Å². The third-order valence-corrected chi connectivity index (χ3v) is 2.48. The van der Waals surface area contributed by atoms with Crippen LogP contribution < -0.4 is 5.73 Å². The molecule has 0 aliphatic rings. The van der Waals surface area contributed by atoms with Gasteiger partial charge in [-0.05, 0) is 6.04 Å². The highest BCUT2D eigenvalue weighted by atomic mass is 28.2. The highest BCUT2D eigenvalue weighted by molar-refractivity contribution is 6.26. The lowest BCUT2D eigenvalue weighted by atomic mass is 10.6. The lowest BCUT2D eigenvalue weighted by Crippen LogP contribution is -2.10. The summed E-state index contributed by atoms with van der Waals surface area (Å²) in [5.74, 6) is 0. The van der Waals surface area contributed by atoms with Crippen LogP contribution in [-0.2, 0) is 4.43 Å². The Balaban J connectivity index is 2.53. The number of rotatable bonds is 5. The molecule has 0 aromatic carbocycles. The van der Waals surface area contributed by atoms with Crippen LogP contribution in [0.15, 0.2) is 0 Å². The molecular weight excluding hydrogens is 118 g/mol. The van der Waals surface area contributed by atoms with Crippen LogP contribution in [0.2, 0.25) is 6.04 Å². The van der Waals surface area contributed by atoms with Crippen molar-refractivity contribution < 1.29 is 4.43 Å². The fraction of sp³-hybridized carbons (Fsp3) is 1.00. The molecule has 0 bridgehead atoms. The second-order valence-electron chi connectivity index (χ2n) is 1.75. The van der Waals surface area contributed by atoms with E-state index < -0.39 is 0 Å². The zero-order valence-electron chi connectivity index (χ0n) is 5.52. The first-order valence-electron chi connectivity index (χ1n) is 3.19. The van der Waals surface area contributed by atoms with Gasteiger partial charge in [0.1, 0.15) is 0 Å². The molecule has 0 fully saturated rings. The van der Waals surface area contributed by atoms with E-state index in [2.05, 4.69) is 6.92 Å². The molecule has 0 saturated carbocycles. The van der Waals surface area contributed by atoms with Crippen molar-refractivity contribution in [3.63, 3.8) is 0 Å². The average molecular weight is 133 g/mol. The van der Waals surface area contributed by atoms with Gasteiger partial charge in [0.15, 0.2) is 9.76 Å². The Kier molecular flexibility index (Phi) is 7.26. The fourth-order valence-electron chi connectivity index (χ4n) is 0.432. The summed E-state index contributed by atoms with van der Waals surface area (Å²) in [7, 11) is -0.180. The molecular formula is C5H15NOSi. The van der Waals surface area contributed by atoms with Crippen LogP contribution in [0.4, 0.5) is 0 Å². The van der Waals surface area contributed by atoms with E-state index in [0.29, 0.717) is 6.54 Å². The van der Waals surface area contributed by atoms with Crippen LogP contribution in [0.3, 0.4) is 0 Å². The van der Waals surface area contributed by atoms with Crippen molar-refractivity contribution in [2.45, 2.75) is 19.4 Å². The Bertz CT molecular complexity index is 37.4. The van der Waals surface area contributed by atoms with Gasteiger partial charge in [0, 0.05) is 13.2 Å². The molecule has 0 aliphatic carbocycles. The molecule has 0 amide bonds. The van der Waals surface area contributed by atoms with Gasteiger partial charge in [0.05, 0.1) is 0 Å². The maximum absolute atomic E-state index is 5.24. The van der Waals surface area contributed by atoms with Crippen molar-refractivity contribution in [1.82, 2.24) is 0 Å². The molecule has 0 heterocycles. The molecule has 0 radical (unpaired) electrons. The SMILES string of the molecule is CCC[SiH2]OCCN. The van der Waals surface area contributed by atoms with Gasteiger partial charge < -0.3 is 10.2 Å². The monoisotopic (exact) mass is 133 g/mol.